The van der Waals surface area contributed by atoms with Crippen LogP contribution in [0.15, 0.2) is 0 Å². The number of rotatable bonds is 10. The normalized spacial score (nSPS) is 13.4. The lowest BCUT2D eigenvalue weighted by atomic mass is 9.92. The van der Waals surface area contributed by atoms with Gasteiger partial charge in [0.05, 0.1) is 0 Å². The lowest BCUT2D eigenvalue weighted by molar-refractivity contribution is -0.123. The molecule has 0 aliphatic rings. The maximum Gasteiger partial charge on any atom is 0.220 e. The van der Waals surface area contributed by atoms with Crippen molar-refractivity contribution in [3.05, 3.63) is 0 Å². The quantitative estimate of drug-likeness (QED) is 0.630. The van der Waals surface area contributed by atoms with Crippen LogP contribution in [-0.4, -0.2) is 18.0 Å². The second-order valence-corrected chi connectivity index (χ2v) is 5.59. The predicted molar refractivity (Wildman–Crippen MR) is 78.4 cm³/mol. The van der Waals surface area contributed by atoms with Crippen LogP contribution in [0.5, 0.6) is 0 Å². The molecule has 1 amide bonds. The van der Waals surface area contributed by atoms with Crippen LogP contribution in [0.3, 0.4) is 0 Å². The molecule has 108 valence electrons. The van der Waals surface area contributed by atoms with Crippen molar-refractivity contribution in [2.75, 3.05) is 6.54 Å². The van der Waals surface area contributed by atoms with E-state index in [4.69, 9.17) is 5.73 Å². The van der Waals surface area contributed by atoms with Crippen LogP contribution in [0, 0.1) is 5.92 Å². The molecule has 1 unspecified atom stereocenters. The summed E-state index contributed by atoms with van der Waals surface area (Å²) in [6, 6.07) is 0. The number of hydrogen-bond acceptors (Lipinski definition) is 2. The third-order valence-electron chi connectivity index (χ3n) is 4.05. The average molecular weight is 256 g/mol. The summed E-state index contributed by atoms with van der Waals surface area (Å²) in [5.41, 5.74) is 5.57. The lowest BCUT2D eigenvalue weighted by Gasteiger charge is -2.28. The van der Waals surface area contributed by atoms with Gasteiger partial charge in [-0.2, -0.15) is 0 Å². The molecule has 0 aromatic rings. The Balaban J connectivity index is 4.07. The molecule has 1 atom stereocenters. The third-order valence-corrected chi connectivity index (χ3v) is 4.05. The average Bonchev–Trinajstić information content (AvgIpc) is 2.36. The predicted octanol–water partition coefficient (Wildman–Crippen LogP) is 3.23. The van der Waals surface area contributed by atoms with E-state index in [0.717, 1.165) is 32.2 Å². The molecule has 0 fully saturated rings. The summed E-state index contributed by atoms with van der Waals surface area (Å²) in [4.78, 5) is 11.9. The van der Waals surface area contributed by atoms with Gasteiger partial charge in [-0.05, 0) is 45.1 Å². The molecular weight excluding hydrogens is 224 g/mol. The summed E-state index contributed by atoms with van der Waals surface area (Å²) in [7, 11) is 0. The Kier molecular flexibility index (Phi) is 9.08. The Hall–Kier alpha value is -0.570. The SMILES string of the molecule is CCCC(CCN)CCC(=O)NC(C)(CC)CC. The van der Waals surface area contributed by atoms with Crippen molar-refractivity contribution in [2.24, 2.45) is 11.7 Å². The van der Waals surface area contributed by atoms with Gasteiger partial charge in [0, 0.05) is 12.0 Å². The van der Waals surface area contributed by atoms with E-state index in [0.29, 0.717) is 12.3 Å². The fraction of sp³-hybridized carbons (Fsp3) is 0.933. The molecule has 0 heterocycles. The minimum Gasteiger partial charge on any atom is -0.351 e. The van der Waals surface area contributed by atoms with Crippen molar-refractivity contribution >= 4 is 5.91 Å². The van der Waals surface area contributed by atoms with Gasteiger partial charge in [-0.15, -0.1) is 0 Å². The minimum absolute atomic E-state index is 0.0365. The van der Waals surface area contributed by atoms with Gasteiger partial charge in [0.2, 0.25) is 5.91 Å². The first-order valence-corrected chi connectivity index (χ1v) is 7.52. The van der Waals surface area contributed by atoms with Crippen LogP contribution >= 0.6 is 0 Å². The minimum atomic E-state index is -0.0365. The van der Waals surface area contributed by atoms with Gasteiger partial charge in [0.25, 0.3) is 0 Å². The van der Waals surface area contributed by atoms with Gasteiger partial charge < -0.3 is 11.1 Å². The number of nitrogens with one attached hydrogen (secondary N) is 1. The third kappa shape index (κ3) is 7.00. The highest BCUT2D eigenvalue weighted by atomic mass is 16.1. The van der Waals surface area contributed by atoms with Crippen LogP contribution in [0.25, 0.3) is 0 Å². The van der Waals surface area contributed by atoms with Crippen molar-refractivity contribution in [3.63, 3.8) is 0 Å². The molecule has 0 bridgehead atoms. The van der Waals surface area contributed by atoms with Crippen molar-refractivity contribution in [3.8, 4) is 0 Å². The Labute approximate surface area is 113 Å². The zero-order valence-electron chi connectivity index (χ0n) is 12.7. The molecule has 0 aromatic heterocycles. The molecule has 3 heteroatoms. The smallest absolute Gasteiger partial charge is 0.220 e. The molecule has 18 heavy (non-hydrogen) atoms. The largest absolute Gasteiger partial charge is 0.351 e. The van der Waals surface area contributed by atoms with Gasteiger partial charge in [-0.3, -0.25) is 4.79 Å². The summed E-state index contributed by atoms with van der Waals surface area (Å²) in [6.45, 7) is 9.28. The molecule has 0 aromatic carbocycles. The Morgan fingerprint density at radius 3 is 2.22 bits per heavy atom. The molecule has 0 rings (SSSR count). The topological polar surface area (TPSA) is 55.1 Å². The van der Waals surface area contributed by atoms with Crippen molar-refractivity contribution in [1.29, 1.82) is 0 Å². The van der Waals surface area contributed by atoms with E-state index in [1.807, 2.05) is 0 Å². The number of amides is 1. The number of carbonyl (C=O) groups excluding carboxylic acids is 1. The van der Waals surface area contributed by atoms with Crippen LogP contribution in [0.2, 0.25) is 0 Å². The van der Waals surface area contributed by atoms with E-state index in [2.05, 4.69) is 33.0 Å². The monoisotopic (exact) mass is 256 g/mol. The highest BCUT2D eigenvalue weighted by Gasteiger charge is 2.21. The number of hydrogen-bond donors (Lipinski definition) is 2. The number of carbonyl (C=O) groups is 1. The van der Waals surface area contributed by atoms with E-state index in [1.165, 1.54) is 12.8 Å². The van der Waals surface area contributed by atoms with Gasteiger partial charge in [0.1, 0.15) is 0 Å². The van der Waals surface area contributed by atoms with E-state index in [9.17, 15) is 4.79 Å². The highest BCUT2D eigenvalue weighted by Crippen LogP contribution is 2.18. The van der Waals surface area contributed by atoms with E-state index in [1.54, 1.807) is 0 Å². The molecule has 0 saturated heterocycles. The van der Waals surface area contributed by atoms with Gasteiger partial charge in [-0.1, -0.05) is 33.6 Å². The van der Waals surface area contributed by atoms with Gasteiger partial charge in [-0.25, -0.2) is 0 Å². The first-order chi connectivity index (χ1) is 8.51. The van der Waals surface area contributed by atoms with E-state index < -0.39 is 0 Å². The molecule has 0 aliphatic carbocycles. The second-order valence-electron chi connectivity index (χ2n) is 5.59. The number of nitrogens with two attached hydrogens (primary N) is 1. The molecule has 3 nitrogen and oxygen atoms in total. The molecular formula is C15H32N2O. The Morgan fingerprint density at radius 1 is 1.17 bits per heavy atom. The van der Waals surface area contributed by atoms with Crippen LogP contribution in [0.4, 0.5) is 0 Å². The van der Waals surface area contributed by atoms with Crippen molar-refractivity contribution in [1.82, 2.24) is 5.32 Å². The Bertz CT molecular complexity index is 219. The fourth-order valence-corrected chi connectivity index (χ4v) is 2.24. The fourth-order valence-electron chi connectivity index (χ4n) is 2.24. The molecule has 0 spiro atoms. The summed E-state index contributed by atoms with van der Waals surface area (Å²) >= 11 is 0. The zero-order valence-corrected chi connectivity index (χ0v) is 12.7. The Morgan fingerprint density at radius 2 is 1.78 bits per heavy atom. The lowest BCUT2D eigenvalue weighted by Crippen LogP contribution is -2.45. The standard InChI is InChI=1S/C15H32N2O/c1-5-8-13(11-12-16)9-10-14(18)17-15(4,6-2)7-3/h13H,5-12,16H2,1-4H3,(H,17,18). The second kappa shape index (κ2) is 9.37. The maximum absolute atomic E-state index is 11.9. The summed E-state index contributed by atoms with van der Waals surface area (Å²) in [6.07, 6.45) is 6.98. The van der Waals surface area contributed by atoms with E-state index >= 15 is 0 Å². The first kappa shape index (κ1) is 17.4. The van der Waals surface area contributed by atoms with Gasteiger partial charge >= 0.3 is 0 Å². The van der Waals surface area contributed by atoms with Crippen LogP contribution in [-0.2, 0) is 4.79 Å². The maximum atomic E-state index is 11.9. The summed E-state index contributed by atoms with van der Waals surface area (Å²) in [5, 5.41) is 3.16. The van der Waals surface area contributed by atoms with Crippen LogP contribution in [0.1, 0.15) is 72.6 Å². The molecule has 0 saturated carbocycles. The zero-order chi connectivity index (χ0) is 14.0. The molecule has 0 radical (unpaired) electrons. The van der Waals surface area contributed by atoms with Crippen LogP contribution < -0.4 is 11.1 Å². The van der Waals surface area contributed by atoms with Crippen molar-refractivity contribution < 1.29 is 4.79 Å². The van der Waals surface area contributed by atoms with Crippen molar-refractivity contribution in [2.45, 2.75) is 78.2 Å². The van der Waals surface area contributed by atoms with E-state index in [-0.39, 0.29) is 11.4 Å². The summed E-state index contributed by atoms with van der Waals surface area (Å²) < 4.78 is 0. The summed E-state index contributed by atoms with van der Waals surface area (Å²) in [5.74, 6) is 0.805. The highest BCUT2D eigenvalue weighted by molar-refractivity contribution is 5.76. The molecule has 0 aliphatic heterocycles. The first-order valence-electron chi connectivity index (χ1n) is 7.52. The molecule has 3 N–H and O–H groups in total. The van der Waals surface area contributed by atoms with Gasteiger partial charge in [0.15, 0.2) is 0 Å².